The Morgan fingerprint density at radius 3 is 2.42 bits per heavy atom. The van der Waals surface area contributed by atoms with Crippen molar-refractivity contribution in [3.63, 3.8) is 0 Å². The van der Waals surface area contributed by atoms with Crippen LogP contribution in [0.25, 0.3) is 0 Å². The first kappa shape index (κ1) is 8.14. The predicted octanol–water partition coefficient (Wildman–Crippen LogP) is 2.52. The zero-order chi connectivity index (χ0) is 8.98. The Kier molecular flexibility index (Phi) is 1.40. The van der Waals surface area contributed by atoms with Crippen LogP contribution in [0.3, 0.4) is 0 Å². The van der Waals surface area contributed by atoms with Gasteiger partial charge in [0.25, 0.3) is 0 Å². The molecule has 2 rings (SSSR count). The summed E-state index contributed by atoms with van der Waals surface area (Å²) in [5.41, 5.74) is 5.96. The van der Waals surface area contributed by atoms with Crippen molar-refractivity contribution in [2.24, 2.45) is 11.1 Å². The van der Waals surface area contributed by atoms with E-state index in [1.54, 1.807) is 6.07 Å². The molecule has 0 aromatic carbocycles. The average molecular weight is 186 g/mol. The lowest BCUT2D eigenvalue weighted by Crippen LogP contribution is -2.24. The summed E-state index contributed by atoms with van der Waals surface area (Å²) in [5.74, 6) is 0.803. The average Bonchev–Trinajstić information content (AvgIpc) is 2.37. The van der Waals surface area contributed by atoms with Crippen LogP contribution in [0, 0.1) is 5.41 Å². The molecule has 1 aliphatic rings. The van der Waals surface area contributed by atoms with Crippen LogP contribution in [0.1, 0.15) is 26.0 Å². The maximum Gasteiger partial charge on any atom is 0.193 e. The maximum atomic E-state index is 6.11. The summed E-state index contributed by atoms with van der Waals surface area (Å²) in [7, 11) is 0. The van der Waals surface area contributed by atoms with Crippen LogP contribution < -0.4 is 5.73 Å². The number of halogens is 1. The van der Waals surface area contributed by atoms with Crippen LogP contribution in [0.2, 0.25) is 5.22 Å². The fourth-order valence-electron chi connectivity index (χ4n) is 1.63. The number of rotatable bonds is 1. The largest absolute Gasteiger partial charge is 0.448 e. The Bertz CT molecular complexity index is 318. The van der Waals surface area contributed by atoms with Gasteiger partial charge in [0.15, 0.2) is 5.22 Å². The van der Waals surface area contributed by atoms with Crippen molar-refractivity contribution in [1.82, 2.24) is 0 Å². The molecule has 0 saturated heterocycles. The summed E-state index contributed by atoms with van der Waals surface area (Å²) < 4.78 is 5.29. The minimum absolute atomic E-state index is 0.147. The van der Waals surface area contributed by atoms with E-state index in [4.69, 9.17) is 21.8 Å². The maximum absolute atomic E-state index is 6.11. The Hall–Kier alpha value is -0.470. The van der Waals surface area contributed by atoms with E-state index in [-0.39, 0.29) is 11.0 Å². The molecule has 0 bridgehead atoms. The quantitative estimate of drug-likeness (QED) is 0.730. The van der Waals surface area contributed by atoms with Crippen LogP contribution in [0.5, 0.6) is 0 Å². The highest BCUT2D eigenvalue weighted by Crippen LogP contribution is 2.60. The topological polar surface area (TPSA) is 39.2 Å². The SMILES string of the molecule is CC1(C)CC1(N)c1ccc(Cl)o1. The summed E-state index contributed by atoms with van der Waals surface area (Å²) in [4.78, 5) is 0. The van der Waals surface area contributed by atoms with E-state index in [1.165, 1.54) is 0 Å². The van der Waals surface area contributed by atoms with Crippen molar-refractivity contribution in [1.29, 1.82) is 0 Å². The molecule has 1 heterocycles. The Balaban J connectivity index is 2.34. The van der Waals surface area contributed by atoms with E-state index in [2.05, 4.69) is 13.8 Å². The van der Waals surface area contributed by atoms with Gasteiger partial charge in [-0.25, -0.2) is 0 Å². The number of furan rings is 1. The van der Waals surface area contributed by atoms with Gasteiger partial charge in [0, 0.05) is 0 Å². The van der Waals surface area contributed by atoms with Crippen molar-refractivity contribution in [2.75, 3.05) is 0 Å². The number of nitrogens with two attached hydrogens (primary N) is 1. The molecule has 1 aromatic rings. The van der Waals surface area contributed by atoms with Crippen molar-refractivity contribution < 1.29 is 4.42 Å². The third-order valence-corrected chi connectivity index (χ3v) is 3.02. The second-order valence-electron chi connectivity index (χ2n) is 4.14. The monoisotopic (exact) mass is 185 g/mol. The van der Waals surface area contributed by atoms with E-state index < -0.39 is 0 Å². The van der Waals surface area contributed by atoms with Crippen LogP contribution in [0.4, 0.5) is 0 Å². The first-order valence-corrected chi connectivity index (χ1v) is 4.38. The summed E-state index contributed by atoms with van der Waals surface area (Å²) in [6.07, 6.45) is 0.962. The number of hydrogen-bond acceptors (Lipinski definition) is 2. The van der Waals surface area contributed by atoms with Crippen molar-refractivity contribution in [3.8, 4) is 0 Å². The summed E-state index contributed by atoms with van der Waals surface area (Å²) >= 11 is 5.67. The molecule has 1 fully saturated rings. The zero-order valence-corrected chi connectivity index (χ0v) is 7.98. The van der Waals surface area contributed by atoms with Gasteiger partial charge in [-0.15, -0.1) is 0 Å². The van der Waals surface area contributed by atoms with Gasteiger partial charge in [0.1, 0.15) is 5.76 Å². The van der Waals surface area contributed by atoms with Crippen molar-refractivity contribution in [2.45, 2.75) is 25.8 Å². The molecule has 3 heteroatoms. The van der Waals surface area contributed by atoms with E-state index >= 15 is 0 Å². The first-order valence-electron chi connectivity index (χ1n) is 4.00. The van der Waals surface area contributed by atoms with Gasteiger partial charge < -0.3 is 10.2 Å². The van der Waals surface area contributed by atoms with Gasteiger partial charge >= 0.3 is 0 Å². The first-order chi connectivity index (χ1) is 5.46. The fraction of sp³-hybridized carbons (Fsp3) is 0.556. The molecule has 1 aliphatic carbocycles. The molecule has 2 N–H and O–H groups in total. The lowest BCUT2D eigenvalue weighted by Gasteiger charge is -2.10. The molecule has 0 amide bonds. The molecule has 2 nitrogen and oxygen atoms in total. The van der Waals surface area contributed by atoms with Crippen LogP contribution >= 0.6 is 11.6 Å². The standard InChI is InChI=1S/C9H12ClNO/c1-8(2)5-9(8,11)6-3-4-7(10)12-6/h3-4H,5,11H2,1-2H3. The Morgan fingerprint density at radius 2 is 2.08 bits per heavy atom. The molecule has 0 spiro atoms. The second-order valence-corrected chi connectivity index (χ2v) is 4.51. The highest BCUT2D eigenvalue weighted by atomic mass is 35.5. The van der Waals surface area contributed by atoms with Gasteiger partial charge in [-0.2, -0.15) is 0 Å². The van der Waals surface area contributed by atoms with Crippen molar-refractivity contribution in [3.05, 3.63) is 23.1 Å². The molecular weight excluding hydrogens is 174 g/mol. The summed E-state index contributed by atoms with van der Waals surface area (Å²) in [5, 5.41) is 0.414. The molecule has 66 valence electrons. The van der Waals surface area contributed by atoms with E-state index in [1.807, 2.05) is 6.07 Å². The van der Waals surface area contributed by atoms with Gasteiger partial charge in [0.05, 0.1) is 5.54 Å². The predicted molar refractivity (Wildman–Crippen MR) is 48.0 cm³/mol. The fourth-order valence-corrected chi connectivity index (χ4v) is 1.77. The van der Waals surface area contributed by atoms with Crippen LogP contribution in [0.15, 0.2) is 16.5 Å². The smallest absolute Gasteiger partial charge is 0.193 e. The van der Waals surface area contributed by atoms with E-state index in [0.717, 1.165) is 12.2 Å². The molecule has 1 atom stereocenters. The minimum atomic E-state index is -0.292. The number of hydrogen-bond donors (Lipinski definition) is 1. The normalized spacial score (nSPS) is 32.0. The Morgan fingerprint density at radius 1 is 1.50 bits per heavy atom. The lowest BCUT2D eigenvalue weighted by atomic mass is 10.0. The third kappa shape index (κ3) is 0.915. The van der Waals surface area contributed by atoms with E-state index in [9.17, 15) is 0 Å². The molecule has 0 radical (unpaired) electrons. The summed E-state index contributed by atoms with van der Waals surface area (Å²) in [6, 6.07) is 3.59. The molecule has 1 unspecified atom stereocenters. The van der Waals surface area contributed by atoms with Gasteiger partial charge in [-0.1, -0.05) is 13.8 Å². The van der Waals surface area contributed by atoms with Gasteiger partial charge in [-0.05, 0) is 35.6 Å². The van der Waals surface area contributed by atoms with E-state index in [0.29, 0.717) is 5.22 Å². The highest BCUT2D eigenvalue weighted by Gasteiger charge is 2.61. The Labute approximate surface area is 76.7 Å². The molecular formula is C9H12ClNO. The zero-order valence-electron chi connectivity index (χ0n) is 7.23. The highest BCUT2D eigenvalue weighted by molar-refractivity contribution is 6.28. The van der Waals surface area contributed by atoms with Crippen LogP contribution in [-0.2, 0) is 5.54 Å². The van der Waals surface area contributed by atoms with Crippen LogP contribution in [-0.4, -0.2) is 0 Å². The molecule has 1 saturated carbocycles. The molecule has 0 aliphatic heterocycles. The summed E-state index contributed by atoms with van der Waals surface area (Å²) in [6.45, 7) is 4.26. The molecule has 12 heavy (non-hydrogen) atoms. The molecule has 1 aromatic heterocycles. The lowest BCUT2D eigenvalue weighted by molar-refractivity contribution is 0.401. The second kappa shape index (κ2) is 2.06. The third-order valence-electron chi connectivity index (χ3n) is 2.82. The van der Waals surface area contributed by atoms with Gasteiger partial charge in [-0.3, -0.25) is 0 Å². The van der Waals surface area contributed by atoms with Gasteiger partial charge in [0.2, 0.25) is 0 Å². The minimum Gasteiger partial charge on any atom is -0.448 e. The van der Waals surface area contributed by atoms with Crippen molar-refractivity contribution >= 4 is 11.6 Å².